The summed E-state index contributed by atoms with van der Waals surface area (Å²) in [5.41, 5.74) is 2.99. The normalized spacial score (nSPS) is 17.4. The van der Waals surface area contributed by atoms with E-state index in [9.17, 15) is 4.79 Å². The largest absolute Gasteiger partial charge is 0.461 e. The molecule has 128 valence electrons. The molecule has 6 heteroatoms. The molecule has 0 N–H and O–H groups in total. The van der Waals surface area contributed by atoms with Gasteiger partial charge in [-0.15, -0.1) is 0 Å². The number of nitrogens with zero attached hydrogens (tertiary/aromatic N) is 3. The van der Waals surface area contributed by atoms with Crippen LogP contribution in [0.15, 0.2) is 34.9 Å². The summed E-state index contributed by atoms with van der Waals surface area (Å²) in [4.78, 5) is 20.2. The molecule has 0 aliphatic carbocycles. The van der Waals surface area contributed by atoms with Gasteiger partial charge in [-0.05, 0) is 31.5 Å². The second-order valence-electron chi connectivity index (χ2n) is 6.16. The van der Waals surface area contributed by atoms with Crippen molar-refractivity contribution in [3.63, 3.8) is 0 Å². The molecule has 24 heavy (non-hydrogen) atoms. The zero-order valence-electron chi connectivity index (χ0n) is 14.4. The molecule has 3 rings (SSSR count). The quantitative estimate of drug-likeness (QED) is 0.785. The summed E-state index contributed by atoms with van der Waals surface area (Å²) in [6, 6.07) is 9.35. The third-order valence-corrected chi connectivity index (χ3v) is 4.40. The molecule has 0 bridgehead atoms. The molecule has 0 saturated carbocycles. The van der Waals surface area contributed by atoms with E-state index in [4.69, 9.17) is 9.15 Å². The molecule has 0 radical (unpaired) electrons. The Balaban J connectivity index is 1.67. The summed E-state index contributed by atoms with van der Waals surface area (Å²) >= 11 is 0. The molecular formula is C18H23N3O3. The summed E-state index contributed by atoms with van der Waals surface area (Å²) in [5.74, 6) is -0.454. The molecule has 1 atom stereocenters. The number of carbonyl (C=O) groups is 1. The van der Waals surface area contributed by atoms with Gasteiger partial charge in [0, 0.05) is 26.2 Å². The number of carbonyl (C=O) groups excluding carboxylic acids is 1. The number of benzene rings is 1. The first kappa shape index (κ1) is 16.5. The van der Waals surface area contributed by atoms with E-state index in [2.05, 4.69) is 41.2 Å². The molecule has 1 aliphatic rings. The number of likely N-dealkylation sites (N-methyl/N-ethyl adjacent to an activating group) is 2. The van der Waals surface area contributed by atoms with Crippen LogP contribution in [0.5, 0.6) is 0 Å². The maximum absolute atomic E-state index is 11.7. The van der Waals surface area contributed by atoms with E-state index in [1.54, 1.807) is 6.92 Å². The lowest BCUT2D eigenvalue weighted by Gasteiger charge is -2.36. The van der Waals surface area contributed by atoms with Crippen LogP contribution in [-0.2, 0) is 17.7 Å². The predicted molar refractivity (Wildman–Crippen MR) is 91.1 cm³/mol. The highest BCUT2D eigenvalue weighted by Gasteiger charge is 2.25. The Morgan fingerprint density at radius 1 is 1.42 bits per heavy atom. The van der Waals surface area contributed by atoms with Crippen molar-refractivity contribution in [2.24, 2.45) is 0 Å². The van der Waals surface area contributed by atoms with Gasteiger partial charge in [0.05, 0.1) is 6.61 Å². The van der Waals surface area contributed by atoms with Crippen LogP contribution in [0.2, 0.25) is 0 Å². The standard InChI is InChI=1S/C18H23N3O3/c1-4-23-17(22)16-12-24-18(19-16)21(3)11-15-9-13-7-5-6-8-14(13)10-20(15)2/h5-8,12,15H,4,9-11H2,1-3H3. The van der Waals surface area contributed by atoms with Crippen molar-refractivity contribution in [3.05, 3.63) is 47.3 Å². The Hall–Kier alpha value is -2.34. The Morgan fingerprint density at radius 2 is 2.17 bits per heavy atom. The summed E-state index contributed by atoms with van der Waals surface area (Å²) < 4.78 is 10.4. The average Bonchev–Trinajstić information content (AvgIpc) is 3.06. The Kier molecular flexibility index (Phi) is 4.85. The SMILES string of the molecule is CCOC(=O)c1coc(N(C)CC2Cc3ccccc3CN2C)n1. The molecule has 1 aromatic heterocycles. The van der Waals surface area contributed by atoms with E-state index in [-0.39, 0.29) is 5.69 Å². The van der Waals surface area contributed by atoms with E-state index in [0.29, 0.717) is 18.7 Å². The number of aromatic nitrogens is 1. The molecule has 1 aromatic carbocycles. The molecule has 2 heterocycles. The van der Waals surface area contributed by atoms with Gasteiger partial charge in [-0.2, -0.15) is 4.98 Å². The first-order valence-electron chi connectivity index (χ1n) is 8.19. The Bertz CT molecular complexity index is 713. The maximum atomic E-state index is 11.7. The monoisotopic (exact) mass is 329 g/mol. The van der Waals surface area contributed by atoms with Crippen molar-refractivity contribution in [3.8, 4) is 0 Å². The summed E-state index contributed by atoms with van der Waals surface area (Å²) in [5, 5.41) is 0. The van der Waals surface area contributed by atoms with Gasteiger partial charge >= 0.3 is 5.97 Å². The smallest absolute Gasteiger partial charge is 0.360 e. The van der Waals surface area contributed by atoms with Gasteiger partial charge in [-0.25, -0.2) is 4.79 Å². The average molecular weight is 329 g/mol. The highest BCUT2D eigenvalue weighted by Crippen LogP contribution is 2.23. The first-order valence-corrected chi connectivity index (χ1v) is 8.19. The number of fused-ring (bicyclic) bond motifs is 1. The van der Waals surface area contributed by atoms with Gasteiger partial charge in [0.2, 0.25) is 0 Å². The highest BCUT2D eigenvalue weighted by atomic mass is 16.5. The number of anilines is 1. The van der Waals surface area contributed by atoms with Gasteiger partial charge in [0.25, 0.3) is 6.01 Å². The van der Waals surface area contributed by atoms with Crippen LogP contribution in [0, 0.1) is 0 Å². The number of hydrogen-bond donors (Lipinski definition) is 0. The number of ether oxygens (including phenoxy) is 1. The van der Waals surface area contributed by atoms with E-state index in [1.807, 2.05) is 11.9 Å². The van der Waals surface area contributed by atoms with Gasteiger partial charge in [0.15, 0.2) is 5.69 Å². The molecule has 2 aromatic rings. The third kappa shape index (κ3) is 3.43. The van der Waals surface area contributed by atoms with Crippen molar-refractivity contribution >= 4 is 12.0 Å². The summed E-state index contributed by atoms with van der Waals surface area (Å²) in [6.07, 6.45) is 2.34. The van der Waals surface area contributed by atoms with Crippen LogP contribution in [0.1, 0.15) is 28.5 Å². The summed E-state index contributed by atoms with van der Waals surface area (Å²) in [7, 11) is 4.06. The highest BCUT2D eigenvalue weighted by molar-refractivity contribution is 5.87. The van der Waals surface area contributed by atoms with E-state index >= 15 is 0 Å². The van der Waals surface area contributed by atoms with Crippen molar-refractivity contribution in [2.45, 2.75) is 25.9 Å². The molecule has 0 amide bonds. The minimum absolute atomic E-state index is 0.209. The zero-order valence-corrected chi connectivity index (χ0v) is 14.4. The van der Waals surface area contributed by atoms with Crippen LogP contribution in [-0.4, -0.2) is 49.1 Å². The first-order chi connectivity index (χ1) is 11.6. The van der Waals surface area contributed by atoms with E-state index in [1.165, 1.54) is 17.4 Å². The Morgan fingerprint density at radius 3 is 2.92 bits per heavy atom. The van der Waals surface area contributed by atoms with Gasteiger partial charge in [-0.1, -0.05) is 24.3 Å². The van der Waals surface area contributed by atoms with Gasteiger partial charge in [-0.3, -0.25) is 4.90 Å². The number of rotatable bonds is 5. The topological polar surface area (TPSA) is 58.8 Å². The third-order valence-electron chi connectivity index (χ3n) is 4.40. The molecular weight excluding hydrogens is 306 g/mol. The van der Waals surface area contributed by atoms with Crippen LogP contribution >= 0.6 is 0 Å². The number of hydrogen-bond acceptors (Lipinski definition) is 6. The number of esters is 1. The van der Waals surface area contributed by atoms with Crippen molar-refractivity contribution in [1.29, 1.82) is 0 Å². The van der Waals surface area contributed by atoms with Crippen LogP contribution in [0.25, 0.3) is 0 Å². The second kappa shape index (κ2) is 7.05. The van der Waals surface area contributed by atoms with Crippen LogP contribution < -0.4 is 4.90 Å². The molecule has 1 unspecified atom stereocenters. The van der Waals surface area contributed by atoms with Crippen LogP contribution in [0.3, 0.4) is 0 Å². The molecule has 6 nitrogen and oxygen atoms in total. The maximum Gasteiger partial charge on any atom is 0.360 e. The minimum atomic E-state index is -0.454. The van der Waals surface area contributed by atoms with E-state index < -0.39 is 5.97 Å². The van der Waals surface area contributed by atoms with Crippen molar-refractivity contribution < 1.29 is 13.9 Å². The van der Waals surface area contributed by atoms with Crippen molar-refractivity contribution in [2.75, 3.05) is 32.1 Å². The van der Waals surface area contributed by atoms with Crippen LogP contribution in [0.4, 0.5) is 6.01 Å². The van der Waals surface area contributed by atoms with E-state index in [0.717, 1.165) is 19.5 Å². The lowest BCUT2D eigenvalue weighted by molar-refractivity contribution is 0.0519. The number of oxazole rings is 1. The fraction of sp³-hybridized carbons (Fsp3) is 0.444. The van der Waals surface area contributed by atoms with Gasteiger partial charge in [0.1, 0.15) is 6.26 Å². The van der Waals surface area contributed by atoms with Gasteiger partial charge < -0.3 is 14.1 Å². The zero-order chi connectivity index (χ0) is 17.1. The van der Waals surface area contributed by atoms with Crippen molar-refractivity contribution in [1.82, 2.24) is 9.88 Å². The minimum Gasteiger partial charge on any atom is -0.461 e. The molecule has 0 saturated heterocycles. The predicted octanol–water partition coefficient (Wildman–Crippen LogP) is 2.34. The fourth-order valence-electron chi connectivity index (χ4n) is 3.05. The molecule has 0 spiro atoms. The lowest BCUT2D eigenvalue weighted by Crippen LogP contribution is -2.44. The summed E-state index contributed by atoms with van der Waals surface area (Å²) in [6.45, 7) is 3.80. The molecule has 0 fully saturated rings. The molecule has 1 aliphatic heterocycles. The lowest BCUT2D eigenvalue weighted by atomic mass is 9.94. The second-order valence-corrected chi connectivity index (χ2v) is 6.16. The fourth-order valence-corrected chi connectivity index (χ4v) is 3.05. The Labute approximate surface area is 142 Å².